The van der Waals surface area contributed by atoms with E-state index in [1.54, 1.807) is 0 Å². The molecule has 0 aromatic carbocycles. The molecule has 3 atom stereocenters. The average molecular weight is 142 g/mol. The summed E-state index contributed by atoms with van der Waals surface area (Å²) in [7, 11) is 0. The van der Waals surface area contributed by atoms with Crippen LogP contribution in [0.1, 0.15) is 39.5 Å². The summed E-state index contributed by atoms with van der Waals surface area (Å²) in [6.45, 7) is 4.20. The fourth-order valence-corrected chi connectivity index (χ4v) is 2.01. The van der Waals surface area contributed by atoms with Crippen molar-refractivity contribution in [3.63, 3.8) is 0 Å². The number of aliphatic hydroxyl groups is 1. The van der Waals surface area contributed by atoms with Gasteiger partial charge < -0.3 is 5.11 Å². The van der Waals surface area contributed by atoms with Crippen molar-refractivity contribution < 1.29 is 5.11 Å². The molecule has 0 bridgehead atoms. The van der Waals surface area contributed by atoms with Crippen molar-refractivity contribution >= 4 is 0 Å². The molecule has 1 aliphatic rings. The molecule has 0 saturated heterocycles. The lowest BCUT2D eigenvalue weighted by molar-refractivity contribution is 0.150. The van der Waals surface area contributed by atoms with Crippen molar-refractivity contribution in [2.75, 3.05) is 0 Å². The van der Waals surface area contributed by atoms with Crippen LogP contribution in [0.25, 0.3) is 0 Å². The number of hydrogen-bond donors (Lipinski definition) is 1. The molecular formula is C9H18O. The summed E-state index contributed by atoms with van der Waals surface area (Å²) >= 11 is 0. The number of aliphatic hydroxyl groups excluding tert-OH is 1. The van der Waals surface area contributed by atoms with Gasteiger partial charge in [0, 0.05) is 0 Å². The van der Waals surface area contributed by atoms with Crippen LogP contribution in [0.2, 0.25) is 0 Å². The van der Waals surface area contributed by atoms with Crippen molar-refractivity contribution in [2.24, 2.45) is 11.8 Å². The van der Waals surface area contributed by atoms with E-state index < -0.39 is 0 Å². The van der Waals surface area contributed by atoms with Crippen LogP contribution >= 0.6 is 0 Å². The lowest BCUT2D eigenvalue weighted by Crippen LogP contribution is -2.11. The van der Waals surface area contributed by atoms with Gasteiger partial charge in [-0.3, -0.25) is 0 Å². The SMILES string of the molecule is CC(O)CC1CCCC1C. The smallest absolute Gasteiger partial charge is 0.0514 e. The van der Waals surface area contributed by atoms with Gasteiger partial charge >= 0.3 is 0 Å². The van der Waals surface area contributed by atoms with Crippen LogP contribution in [-0.4, -0.2) is 11.2 Å². The summed E-state index contributed by atoms with van der Waals surface area (Å²) in [5.41, 5.74) is 0. The third kappa shape index (κ3) is 1.98. The van der Waals surface area contributed by atoms with Crippen LogP contribution < -0.4 is 0 Å². The topological polar surface area (TPSA) is 20.2 Å². The predicted octanol–water partition coefficient (Wildman–Crippen LogP) is 2.19. The molecule has 0 aromatic rings. The van der Waals surface area contributed by atoms with Crippen molar-refractivity contribution in [3.8, 4) is 0 Å². The van der Waals surface area contributed by atoms with E-state index in [2.05, 4.69) is 6.92 Å². The first kappa shape index (κ1) is 8.06. The van der Waals surface area contributed by atoms with E-state index in [9.17, 15) is 0 Å². The molecule has 1 N–H and O–H groups in total. The second kappa shape index (κ2) is 3.38. The Morgan fingerprint density at radius 3 is 2.60 bits per heavy atom. The third-order valence-corrected chi connectivity index (χ3v) is 2.68. The zero-order valence-electron chi connectivity index (χ0n) is 7.01. The Morgan fingerprint density at radius 1 is 1.50 bits per heavy atom. The highest BCUT2D eigenvalue weighted by atomic mass is 16.3. The maximum Gasteiger partial charge on any atom is 0.0514 e. The summed E-state index contributed by atoms with van der Waals surface area (Å²) in [5.74, 6) is 1.66. The minimum atomic E-state index is -0.0921. The highest BCUT2D eigenvalue weighted by molar-refractivity contribution is 4.75. The maximum absolute atomic E-state index is 9.13. The first-order valence-corrected chi connectivity index (χ1v) is 4.38. The first-order valence-electron chi connectivity index (χ1n) is 4.38. The standard InChI is InChI=1S/C9H18O/c1-7-4-3-5-9(7)6-8(2)10/h7-10H,3-6H2,1-2H3. The Labute approximate surface area is 63.4 Å². The van der Waals surface area contributed by atoms with Gasteiger partial charge in [-0.2, -0.15) is 0 Å². The third-order valence-electron chi connectivity index (χ3n) is 2.68. The van der Waals surface area contributed by atoms with Gasteiger partial charge in [0.2, 0.25) is 0 Å². The Kier molecular flexibility index (Phi) is 2.72. The van der Waals surface area contributed by atoms with Gasteiger partial charge in [-0.15, -0.1) is 0 Å². The Morgan fingerprint density at radius 2 is 2.20 bits per heavy atom. The summed E-state index contributed by atoms with van der Waals surface area (Å²) in [6.07, 6.45) is 5.01. The second-order valence-electron chi connectivity index (χ2n) is 3.75. The highest BCUT2D eigenvalue weighted by Gasteiger charge is 2.23. The maximum atomic E-state index is 9.13. The molecule has 0 aliphatic heterocycles. The Bertz CT molecular complexity index is 98.9. The summed E-state index contributed by atoms with van der Waals surface area (Å²) in [4.78, 5) is 0. The fraction of sp³-hybridized carbons (Fsp3) is 1.00. The van der Waals surface area contributed by atoms with E-state index in [0.717, 1.165) is 18.3 Å². The van der Waals surface area contributed by atoms with Crippen LogP contribution in [0.5, 0.6) is 0 Å². The van der Waals surface area contributed by atoms with Gasteiger partial charge in [-0.25, -0.2) is 0 Å². The largest absolute Gasteiger partial charge is 0.393 e. The van der Waals surface area contributed by atoms with E-state index in [-0.39, 0.29) is 6.10 Å². The lowest BCUT2D eigenvalue weighted by atomic mass is 9.93. The predicted molar refractivity (Wildman–Crippen MR) is 42.8 cm³/mol. The van der Waals surface area contributed by atoms with E-state index in [4.69, 9.17) is 5.11 Å². The molecule has 1 fully saturated rings. The monoisotopic (exact) mass is 142 g/mol. The normalized spacial score (nSPS) is 36.3. The second-order valence-corrected chi connectivity index (χ2v) is 3.75. The summed E-state index contributed by atoms with van der Waals surface area (Å²) < 4.78 is 0. The molecule has 10 heavy (non-hydrogen) atoms. The van der Waals surface area contributed by atoms with Crippen molar-refractivity contribution in [3.05, 3.63) is 0 Å². The molecule has 1 heteroatoms. The lowest BCUT2D eigenvalue weighted by Gasteiger charge is -2.16. The van der Waals surface area contributed by atoms with Gasteiger partial charge in [0.1, 0.15) is 0 Å². The van der Waals surface area contributed by atoms with Crippen LogP contribution in [-0.2, 0) is 0 Å². The molecule has 1 rings (SSSR count). The zero-order valence-corrected chi connectivity index (χ0v) is 7.01. The number of hydrogen-bond acceptors (Lipinski definition) is 1. The van der Waals surface area contributed by atoms with Gasteiger partial charge in [0.15, 0.2) is 0 Å². The van der Waals surface area contributed by atoms with Crippen LogP contribution in [0.3, 0.4) is 0 Å². The van der Waals surface area contributed by atoms with Gasteiger partial charge in [-0.05, 0) is 25.2 Å². The minimum absolute atomic E-state index is 0.0921. The Balaban J connectivity index is 2.26. The van der Waals surface area contributed by atoms with E-state index in [1.165, 1.54) is 19.3 Å². The van der Waals surface area contributed by atoms with Gasteiger partial charge in [-0.1, -0.05) is 26.2 Å². The molecule has 1 saturated carbocycles. The first-order chi connectivity index (χ1) is 4.70. The average Bonchev–Trinajstić information content (AvgIpc) is 2.15. The van der Waals surface area contributed by atoms with Crippen molar-refractivity contribution in [1.29, 1.82) is 0 Å². The summed E-state index contributed by atoms with van der Waals surface area (Å²) in [6, 6.07) is 0. The molecule has 0 radical (unpaired) electrons. The van der Waals surface area contributed by atoms with Crippen LogP contribution in [0.4, 0.5) is 0 Å². The molecule has 0 spiro atoms. The van der Waals surface area contributed by atoms with Crippen molar-refractivity contribution in [1.82, 2.24) is 0 Å². The van der Waals surface area contributed by atoms with E-state index in [0.29, 0.717) is 0 Å². The zero-order chi connectivity index (χ0) is 7.56. The fourth-order valence-electron chi connectivity index (χ4n) is 2.01. The molecule has 3 unspecified atom stereocenters. The quantitative estimate of drug-likeness (QED) is 0.626. The van der Waals surface area contributed by atoms with Crippen LogP contribution in [0, 0.1) is 11.8 Å². The Hall–Kier alpha value is -0.0400. The molecule has 0 aromatic heterocycles. The van der Waals surface area contributed by atoms with Gasteiger partial charge in [0.05, 0.1) is 6.10 Å². The van der Waals surface area contributed by atoms with E-state index in [1.807, 2.05) is 6.92 Å². The molecule has 1 aliphatic carbocycles. The van der Waals surface area contributed by atoms with Crippen LogP contribution in [0.15, 0.2) is 0 Å². The highest BCUT2D eigenvalue weighted by Crippen LogP contribution is 2.34. The molecule has 0 amide bonds. The van der Waals surface area contributed by atoms with Gasteiger partial charge in [0.25, 0.3) is 0 Å². The molecule has 1 nitrogen and oxygen atoms in total. The molecule has 0 heterocycles. The minimum Gasteiger partial charge on any atom is -0.393 e. The number of rotatable bonds is 2. The summed E-state index contributed by atoms with van der Waals surface area (Å²) in [5, 5.41) is 9.13. The van der Waals surface area contributed by atoms with E-state index >= 15 is 0 Å². The van der Waals surface area contributed by atoms with Crippen molar-refractivity contribution in [2.45, 2.75) is 45.6 Å². The molecule has 60 valence electrons. The molecular weight excluding hydrogens is 124 g/mol.